The van der Waals surface area contributed by atoms with E-state index in [0.29, 0.717) is 6.42 Å². The molecule has 1 rings (SSSR count). The monoisotopic (exact) mass is 210 g/mol. The molecule has 0 aliphatic heterocycles. The molecule has 1 amide bonds. The topological polar surface area (TPSA) is 55.1 Å². The van der Waals surface area contributed by atoms with Crippen LogP contribution in [0.4, 0.5) is 0 Å². The molecule has 0 aromatic rings. The zero-order valence-electron chi connectivity index (χ0n) is 9.59. The minimum atomic E-state index is -0.342. The van der Waals surface area contributed by atoms with Crippen LogP contribution in [0.5, 0.6) is 0 Å². The predicted octanol–water partition coefficient (Wildman–Crippen LogP) is 1.73. The third-order valence-electron chi connectivity index (χ3n) is 2.91. The van der Waals surface area contributed by atoms with Gasteiger partial charge in [0.05, 0.1) is 6.04 Å². The maximum atomic E-state index is 11.4. The lowest BCUT2D eigenvalue weighted by molar-refractivity contribution is -0.122. The quantitative estimate of drug-likeness (QED) is 0.679. The highest BCUT2D eigenvalue weighted by Crippen LogP contribution is 2.19. The van der Waals surface area contributed by atoms with Crippen LogP contribution in [0.15, 0.2) is 11.6 Å². The lowest BCUT2D eigenvalue weighted by atomic mass is 9.97. The van der Waals surface area contributed by atoms with E-state index in [1.165, 1.54) is 31.3 Å². The Morgan fingerprint density at radius 2 is 2.40 bits per heavy atom. The summed E-state index contributed by atoms with van der Waals surface area (Å²) in [7, 11) is 0. The number of allylic oxidation sites excluding steroid dienone is 1. The van der Waals surface area contributed by atoms with Gasteiger partial charge in [0.15, 0.2) is 0 Å². The second kappa shape index (κ2) is 6.62. The summed E-state index contributed by atoms with van der Waals surface area (Å²) in [5.74, 6) is -0.0195. The van der Waals surface area contributed by atoms with E-state index in [1.54, 1.807) is 0 Å². The van der Waals surface area contributed by atoms with Gasteiger partial charge >= 0.3 is 0 Å². The van der Waals surface area contributed by atoms with E-state index in [1.807, 2.05) is 6.92 Å². The fraction of sp³-hybridized carbons (Fsp3) is 0.750. The normalized spacial score (nSPS) is 18.1. The van der Waals surface area contributed by atoms with Gasteiger partial charge < -0.3 is 11.1 Å². The fourth-order valence-corrected chi connectivity index (χ4v) is 1.79. The Labute approximate surface area is 92.1 Å². The Hall–Kier alpha value is -0.830. The molecule has 15 heavy (non-hydrogen) atoms. The molecule has 1 aliphatic rings. The first kappa shape index (κ1) is 12.2. The lowest BCUT2D eigenvalue weighted by Gasteiger charge is -2.14. The van der Waals surface area contributed by atoms with E-state index in [-0.39, 0.29) is 11.9 Å². The van der Waals surface area contributed by atoms with Gasteiger partial charge in [0.2, 0.25) is 5.91 Å². The smallest absolute Gasteiger partial charge is 0.236 e. The highest BCUT2D eigenvalue weighted by Gasteiger charge is 2.10. The predicted molar refractivity (Wildman–Crippen MR) is 62.4 cm³/mol. The number of nitrogens with one attached hydrogen (secondary N) is 1. The molecule has 1 aliphatic carbocycles. The van der Waals surface area contributed by atoms with Crippen molar-refractivity contribution >= 4 is 5.91 Å². The summed E-state index contributed by atoms with van der Waals surface area (Å²) >= 11 is 0. The summed E-state index contributed by atoms with van der Waals surface area (Å²) in [4.78, 5) is 11.4. The molecule has 0 bridgehead atoms. The Morgan fingerprint density at radius 3 is 3.00 bits per heavy atom. The van der Waals surface area contributed by atoms with Crippen molar-refractivity contribution in [1.29, 1.82) is 0 Å². The van der Waals surface area contributed by atoms with Crippen LogP contribution in [-0.2, 0) is 4.79 Å². The van der Waals surface area contributed by atoms with Gasteiger partial charge in [-0.05, 0) is 38.5 Å². The molecule has 3 N–H and O–H groups in total. The molecule has 0 unspecified atom stereocenters. The molecular formula is C12H22N2O. The maximum absolute atomic E-state index is 11.4. The van der Waals surface area contributed by atoms with Gasteiger partial charge in [0.25, 0.3) is 0 Å². The molecule has 3 heteroatoms. The Kier molecular flexibility index (Phi) is 5.40. The Balaban J connectivity index is 2.15. The van der Waals surface area contributed by atoms with Crippen molar-refractivity contribution in [1.82, 2.24) is 5.32 Å². The van der Waals surface area contributed by atoms with Gasteiger partial charge in [-0.15, -0.1) is 0 Å². The maximum Gasteiger partial charge on any atom is 0.236 e. The number of carbonyl (C=O) groups is 1. The first-order valence-electron chi connectivity index (χ1n) is 5.95. The molecule has 0 aromatic carbocycles. The van der Waals surface area contributed by atoms with E-state index < -0.39 is 0 Å². The average molecular weight is 210 g/mol. The summed E-state index contributed by atoms with van der Waals surface area (Å²) < 4.78 is 0. The second-order valence-corrected chi connectivity index (χ2v) is 4.16. The van der Waals surface area contributed by atoms with E-state index in [0.717, 1.165) is 13.0 Å². The van der Waals surface area contributed by atoms with Crippen LogP contribution in [0.25, 0.3) is 0 Å². The van der Waals surface area contributed by atoms with Crippen LogP contribution in [0.2, 0.25) is 0 Å². The van der Waals surface area contributed by atoms with Gasteiger partial charge in [-0.2, -0.15) is 0 Å². The number of hydrogen-bond donors (Lipinski definition) is 2. The molecule has 0 spiro atoms. The molecule has 3 nitrogen and oxygen atoms in total. The van der Waals surface area contributed by atoms with Crippen LogP contribution in [0, 0.1) is 0 Å². The van der Waals surface area contributed by atoms with Gasteiger partial charge in [0, 0.05) is 6.54 Å². The van der Waals surface area contributed by atoms with Gasteiger partial charge in [-0.25, -0.2) is 0 Å². The van der Waals surface area contributed by atoms with Crippen molar-refractivity contribution in [2.75, 3.05) is 6.54 Å². The molecule has 0 saturated carbocycles. The summed E-state index contributed by atoms with van der Waals surface area (Å²) in [6.07, 6.45) is 9.03. The van der Waals surface area contributed by atoms with Crippen molar-refractivity contribution in [3.05, 3.63) is 11.6 Å². The Bertz CT molecular complexity index is 236. The van der Waals surface area contributed by atoms with E-state index in [9.17, 15) is 4.79 Å². The van der Waals surface area contributed by atoms with Gasteiger partial charge in [-0.1, -0.05) is 18.6 Å². The fourth-order valence-electron chi connectivity index (χ4n) is 1.79. The molecule has 0 radical (unpaired) electrons. The molecular weight excluding hydrogens is 188 g/mol. The highest BCUT2D eigenvalue weighted by atomic mass is 16.2. The summed E-state index contributed by atoms with van der Waals surface area (Å²) in [6.45, 7) is 2.66. The van der Waals surface area contributed by atoms with Crippen LogP contribution in [0.1, 0.15) is 45.4 Å². The minimum absolute atomic E-state index is 0.0195. The summed E-state index contributed by atoms with van der Waals surface area (Å²) in [6, 6.07) is -0.342. The van der Waals surface area contributed by atoms with Crippen molar-refractivity contribution in [2.45, 2.75) is 51.5 Å². The second-order valence-electron chi connectivity index (χ2n) is 4.16. The summed E-state index contributed by atoms with van der Waals surface area (Å²) in [5, 5.41) is 2.88. The number of amides is 1. The molecule has 0 aromatic heterocycles. The van der Waals surface area contributed by atoms with Crippen LogP contribution in [-0.4, -0.2) is 18.5 Å². The van der Waals surface area contributed by atoms with E-state index in [4.69, 9.17) is 5.73 Å². The van der Waals surface area contributed by atoms with Gasteiger partial charge in [-0.3, -0.25) is 4.79 Å². The molecule has 0 heterocycles. The third kappa shape index (κ3) is 4.47. The summed E-state index contributed by atoms with van der Waals surface area (Å²) in [5.41, 5.74) is 7.10. The lowest BCUT2D eigenvalue weighted by Crippen LogP contribution is -2.40. The number of rotatable bonds is 5. The van der Waals surface area contributed by atoms with Crippen molar-refractivity contribution < 1.29 is 4.79 Å². The number of carbonyl (C=O) groups excluding carboxylic acids is 1. The third-order valence-corrected chi connectivity index (χ3v) is 2.91. The van der Waals surface area contributed by atoms with Crippen molar-refractivity contribution in [3.63, 3.8) is 0 Å². The van der Waals surface area contributed by atoms with E-state index >= 15 is 0 Å². The van der Waals surface area contributed by atoms with Crippen LogP contribution in [0.3, 0.4) is 0 Å². The standard InChI is InChI=1S/C12H22N2O/c1-2-11(13)12(15)14-9-8-10-6-4-3-5-7-10/h6,11H,2-5,7-9,13H2,1H3,(H,14,15)/t11-/m0/s1. The number of nitrogens with two attached hydrogens (primary N) is 1. The van der Waals surface area contributed by atoms with Crippen molar-refractivity contribution in [2.24, 2.45) is 5.73 Å². The van der Waals surface area contributed by atoms with Crippen molar-refractivity contribution in [3.8, 4) is 0 Å². The molecule has 86 valence electrons. The first-order chi connectivity index (χ1) is 7.24. The van der Waals surface area contributed by atoms with E-state index in [2.05, 4.69) is 11.4 Å². The Morgan fingerprint density at radius 1 is 1.60 bits per heavy atom. The number of hydrogen-bond acceptors (Lipinski definition) is 2. The first-order valence-corrected chi connectivity index (χ1v) is 5.95. The van der Waals surface area contributed by atoms with Gasteiger partial charge in [0.1, 0.15) is 0 Å². The SMILES string of the molecule is CC[C@H](N)C(=O)NCCC1=CCCCC1. The average Bonchev–Trinajstić information content (AvgIpc) is 2.29. The highest BCUT2D eigenvalue weighted by molar-refractivity contribution is 5.81. The van der Waals surface area contributed by atoms with Crippen LogP contribution >= 0.6 is 0 Å². The minimum Gasteiger partial charge on any atom is -0.354 e. The molecule has 1 atom stereocenters. The van der Waals surface area contributed by atoms with Crippen LogP contribution < -0.4 is 11.1 Å². The molecule has 0 saturated heterocycles. The zero-order chi connectivity index (χ0) is 11.1. The molecule has 0 fully saturated rings. The largest absolute Gasteiger partial charge is 0.354 e. The zero-order valence-corrected chi connectivity index (χ0v) is 9.59.